The smallest absolute Gasteiger partial charge is 0.224 e. The first-order valence-corrected chi connectivity index (χ1v) is 7.33. The molecule has 3 nitrogen and oxygen atoms in total. The van der Waals surface area contributed by atoms with E-state index in [-0.39, 0.29) is 18.4 Å². The molecule has 21 heavy (non-hydrogen) atoms. The lowest BCUT2D eigenvalue weighted by Crippen LogP contribution is -2.32. The molecule has 0 aromatic heterocycles. The van der Waals surface area contributed by atoms with Crippen molar-refractivity contribution in [3.05, 3.63) is 69.7 Å². The van der Waals surface area contributed by atoms with Crippen LogP contribution in [0, 0.1) is 0 Å². The molecule has 0 aliphatic heterocycles. The van der Waals surface area contributed by atoms with Crippen molar-refractivity contribution in [1.29, 1.82) is 0 Å². The predicted molar refractivity (Wildman–Crippen MR) is 86.5 cm³/mol. The molecule has 0 saturated heterocycles. The fourth-order valence-corrected chi connectivity index (χ4v) is 2.26. The van der Waals surface area contributed by atoms with Crippen molar-refractivity contribution in [2.45, 2.75) is 12.5 Å². The molecule has 0 radical (unpaired) electrons. The zero-order valence-corrected chi connectivity index (χ0v) is 12.9. The van der Waals surface area contributed by atoms with E-state index in [4.69, 9.17) is 28.9 Å². The van der Waals surface area contributed by atoms with Gasteiger partial charge in [0.15, 0.2) is 0 Å². The molecule has 110 valence electrons. The minimum atomic E-state index is -0.219. The van der Waals surface area contributed by atoms with Crippen LogP contribution in [0.1, 0.15) is 17.2 Å². The zero-order valence-electron chi connectivity index (χ0n) is 11.4. The molecule has 0 aliphatic carbocycles. The standard InChI is InChI=1S/C16H16Cl2N2O/c17-13-7-6-11(8-14(13)18)9-16(21)20-10-15(19)12-4-2-1-3-5-12/h1-8,15H,9-10,19H2,(H,20,21). The van der Waals surface area contributed by atoms with Crippen LogP contribution in [-0.2, 0) is 11.2 Å². The van der Waals surface area contributed by atoms with Crippen molar-refractivity contribution >= 4 is 29.1 Å². The van der Waals surface area contributed by atoms with Crippen LogP contribution in [0.15, 0.2) is 48.5 Å². The minimum Gasteiger partial charge on any atom is -0.354 e. The highest BCUT2D eigenvalue weighted by Crippen LogP contribution is 2.22. The fraction of sp³-hybridized carbons (Fsp3) is 0.188. The Morgan fingerprint density at radius 3 is 2.48 bits per heavy atom. The number of carbonyl (C=O) groups excluding carboxylic acids is 1. The van der Waals surface area contributed by atoms with E-state index in [0.29, 0.717) is 16.6 Å². The molecule has 1 atom stereocenters. The number of rotatable bonds is 5. The van der Waals surface area contributed by atoms with E-state index in [2.05, 4.69) is 5.32 Å². The fourth-order valence-electron chi connectivity index (χ4n) is 1.94. The molecule has 0 fully saturated rings. The third-order valence-corrected chi connectivity index (χ3v) is 3.83. The van der Waals surface area contributed by atoms with Gasteiger partial charge in [-0.1, -0.05) is 59.6 Å². The topological polar surface area (TPSA) is 55.1 Å². The first kappa shape index (κ1) is 15.8. The van der Waals surface area contributed by atoms with Crippen molar-refractivity contribution in [3.63, 3.8) is 0 Å². The molecule has 1 amide bonds. The Labute approximate surface area is 134 Å². The van der Waals surface area contributed by atoms with Crippen LogP contribution >= 0.6 is 23.2 Å². The van der Waals surface area contributed by atoms with Crippen LogP contribution < -0.4 is 11.1 Å². The third-order valence-electron chi connectivity index (χ3n) is 3.10. The summed E-state index contributed by atoms with van der Waals surface area (Å²) >= 11 is 11.8. The Balaban J connectivity index is 1.86. The highest BCUT2D eigenvalue weighted by molar-refractivity contribution is 6.42. The van der Waals surface area contributed by atoms with Gasteiger partial charge in [-0.3, -0.25) is 4.79 Å². The Bertz CT molecular complexity index is 617. The molecule has 0 saturated carbocycles. The number of carbonyl (C=O) groups is 1. The summed E-state index contributed by atoms with van der Waals surface area (Å²) in [6, 6.07) is 14.6. The Kier molecular flexibility index (Phi) is 5.62. The molecule has 3 N–H and O–H groups in total. The summed E-state index contributed by atoms with van der Waals surface area (Å²) < 4.78 is 0. The minimum absolute atomic E-state index is 0.0974. The monoisotopic (exact) mass is 322 g/mol. The van der Waals surface area contributed by atoms with Crippen LogP contribution in [0.25, 0.3) is 0 Å². The molecular weight excluding hydrogens is 307 g/mol. The number of halogens is 2. The summed E-state index contributed by atoms with van der Waals surface area (Å²) in [4.78, 5) is 11.9. The van der Waals surface area contributed by atoms with E-state index in [9.17, 15) is 4.79 Å². The van der Waals surface area contributed by atoms with E-state index < -0.39 is 0 Å². The normalized spacial score (nSPS) is 12.0. The Hall–Kier alpha value is -1.55. The Morgan fingerprint density at radius 1 is 1.10 bits per heavy atom. The largest absolute Gasteiger partial charge is 0.354 e. The maximum atomic E-state index is 11.9. The van der Waals surface area contributed by atoms with Gasteiger partial charge in [0.05, 0.1) is 16.5 Å². The van der Waals surface area contributed by atoms with E-state index in [1.807, 2.05) is 30.3 Å². The SMILES string of the molecule is NC(CNC(=O)Cc1ccc(Cl)c(Cl)c1)c1ccccc1. The van der Waals surface area contributed by atoms with Gasteiger partial charge in [-0.25, -0.2) is 0 Å². The third kappa shape index (κ3) is 4.74. The number of nitrogens with one attached hydrogen (secondary N) is 1. The number of hydrogen-bond acceptors (Lipinski definition) is 2. The van der Waals surface area contributed by atoms with E-state index in [1.165, 1.54) is 0 Å². The molecule has 0 spiro atoms. The first-order valence-electron chi connectivity index (χ1n) is 6.57. The van der Waals surface area contributed by atoms with Crippen LogP contribution in [0.2, 0.25) is 10.0 Å². The average molecular weight is 323 g/mol. The van der Waals surface area contributed by atoms with Crippen LogP contribution in [0.3, 0.4) is 0 Å². The van der Waals surface area contributed by atoms with Gasteiger partial charge in [0, 0.05) is 12.6 Å². The van der Waals surface area contributed by atoms with Gasteiger partial charge in [-0.15, -0.1) is 0 Å². The summed E-state index contributed by atoms with van der Waals surface area (Å²) in [6.45, 7) is 0.393. The highest BCUT2D eigenvalue weighted by Gasteiger charge is 2.09. The molecule has 5 heteroatoms. The lowest BCUT2D eigenvalue weighted by Gasteiger charge is -2.13. The second-order valence-electron chi connectivity index (χ2n) is 4.75. The van der Waals surface area contributed by atoms with Crippen LogP contribution in [0.4, 0.5) is 0 Å². The maximum Gasteiger partial charge on any atom is 0.224 e. The van der Waals surface area contributed by atoms with Crippen LogP contribution in [-0.4, -0.2) is 12.5 Å². The second kappa shape index (κ2) is 7.46. The van der Waals surface area contributed by atoms with E-state index in [0.717, 1.165) is 11.1 Å². The highest BCUT2D eigenvalue weighted by atomic mass is 35.5. The van der Waals surface area contributed by atoms with Crippen molar-refractivity contribution in [2.75, 3.05) is 6.54 Å². The lowest BCUT2D eigenvalue weighted by molar-refractivity contribution is -0.120. The lowest BCUT2D eigenvalue weighted by atomic mass is 10.1. The molecule has 0 aliphatic rings. The molecule has 2 rings (SSSR count). The molecule has 2 aromatic carbocycles. The van der Waals surface area contributed by atoms with Gasteiger partial charge in [0.25, 0.3) is 0 Å². The summed E-state index contributed by atoms with van der Waals surface area (Å²) in [6.07, 6.45) is 0.248. The molecule has 0 bridgehead atoms. The zero-order chi connectivity index (χ0) is 15.2. The van der Waals surface area contributed by atoms with Crippen molar-refractivity contribution in [3.8, 4) is 0 Å². The number of amides is 1. The van der Waals surface area contributed by atoms with Gasteiger partial charge in [0.1, 0.15) is 0 Å². The summed E-state index contributed by atoms with van der Waals surface area (Å²) in [5.41, 5.74) is 7.84. The number of nitrogens with two attached hydrogens (primary N) is 1. The number of hydrogen-bond donors (Lipinski definition) is 2. The first-order chi connectivity index (χ1) is 10.1. The summed E-state index contributed by atoms with van der Waals surface area (Å²) in [5, 5.41) is 3.75. The Morgan fingerprint density at radius 2 is 1.81 bits per heavy atom. The molecule has 1 unspecified atom stereocenters. The average Bonchev–Trinajstić information content (AvgIpc) is 2.49. The van der Waals surface area contributed by atoms with Crippen molar-refractivity contribution < 1.29 is 4.79 Å². The molecule has 0 heterocycles. The van der Waals surface area contributed by atoms with Gasteiger partial charge < -0.3 is 11.1 Å². The molecule has 2 aromatic rings. The quantitative estimate of drug-likeness (QED) is 0.886. The van der Waals surface area contributed by atoms with Crippen molar-refractivity contribution in [2.24, 2.45) is 5.73 Å². The predicted octanol–water partition coefficient (Wildman–Crippen LogP) is 3.35. The number of benzene rings is 2. The van der Waals surface area contributed by atoms with Gasteiger partial charge in [-0.05, 0) is 23.3 Å². The van der Waals surface area contributed by atoms with Gasteiger partial charge >= 0.3 is 0 Å². The summed E-state index contributed by atoms with van der Waals surface area (Å²) in [7, 11) is 0. The van der Waals surface area contributed by atoms with E-state index in [1.54, 1.807) is 18.2 Å². The van der Waals surface area contributed by atoms with Gasteiger partial charge in [0.2, 0.25) is 5.91 Å². The second-order valence-corrected chi connectivity index (χ2v) is 5.56. The molecular formula is C16H16Cl2N2O. The maximum absolute atomic E-state index is 11.9. The summed E-state index contributed by atoms with van der Waals surface area (Å²) in [5.74, 6) is -0.0974. The van der Waals surface area contributed by atoms with Crippen molar-refractivity contribution in [1.82, 2.24) is 5.32 Å². The van der Waals surface area contributed by atoms with Crippen LogP contribution in [0.5, 0.6) is 0 Å². The van der Waals surface area contributed by atoms with Gasteiger partial charge in [-0.2, -0.15) is 0 Å². The van der Waals surface area contributed by atoms with E-state index >= 15 is 0 Å².